The number of nitrogens with two attached hydrogens (primary N) is 1. The van der Waals surface area contributed by atoms with Crippen LogP contribution in [0.4, 0.5) is 15.2 Å². The zero-order chi connectivity index (χ0) is 14.3. The van der Waals surface area contributed by atoms with Crippen LogP contribution in [0.25, 0.3) is 0 Å². The number of sulfonamides is 1. The van der Waals surface area contributed by atoms with Crippen molar-refractivity contribution in [3.63, 3.8) is 0 Å². The van der Waals surface area contributed by atoms with Crippen molar-refractivity contribution in [1.82, 2.24) is 4.98 Å². The first-order valence-electron chi connectivity index (χ1n) is 5.99. The van der Waals surface area contributed by atoms with E-state index in [0.29, 0.717) is 5.92 Å². The summed E-state index contributed by atoms with van der Waals surface area (Å²) in [5.74, 6) is -0.436. The molecule has 8 heteroatoms. The maximum Gasteiger partial charge on any atom is 0.266 e. The van der Waals surface area contributed by atoms with Gasteiger partial charge >= 0.3 is 0 Å². The minimum atomic E-state index is -3.99. The third kappa shape index (κ3) is 2.61. The molecule has 0 bridgehead atoms. The van der Waals surface area contributed by atoms with Gasteiger partial charge in [-0.3, -0.25) is 4.72 Å². The number of anilines is 2. The molecule has 0 aliphatic heterocycles. The van der Waals surface area contributed by atoms with Crippen LogP contribution >= 0.6 is 11.3 Å². The number of hydrogen-bond donors (Lipinski definition) is 2. The van der Waals surface area contributed by atoms with Gasteiger partial charge in [-0.25, -0.2) is 17.8 Å². The minimum Gasteiger partial charge on any atom is -0.399 e. The molecule has 2 aromatic rings. The highest BCUT2D eigenvalue weighted by atomic mass is 32.2. The average Bonchev–Trinajstić information content (AvgIpc) is 3.10. The molecule has 0 spiro atoms. The standard InChI is InChI=1S/C12H12FN3O2S2/c13-9-5-8(14)3-4-11(9)20(17,18)16-12-15-10(6-19-12)7-1-2-7/h3-7H,1-2,14H2,(H,15,16). The van der Waals surface area contributed by atoms with Crippen LogP contribution in [-0.2, 0) is 10.0 Å². The van der Waals surface area contributed by atoms with E-state index in [1.165, 1.54) is 17.4 Å². The molecule has 1 saturated carbocycles. The number of nitrogens with one attached hydrogen (secondary N) is 1. The molecule has 1 fully saturated rings. The summed E-state index contributed by atoms with van der Waals surface area (Å²) >= 11 is 1.20. The number of hydrogen-bond acceptors (Lipinski definition) is 5. The Kier molecular flexibility index (Phi) is 3.14. The van der Waals surface area contributed by atoms with Crippen LogP contribution < -0.4 is 10.5 Å². The van der Waals surface area contributed by atoms with E-state index in [-0.39, 0.29) is 10.8 Å². The summed E-state index contributed by atoms with van der Waals surface area (Å²) in [6.45, 7) is 0. The highest BCUT2D eigenvalue weighted by molar-refractivity contribution is 7.93. The summed E-state index contributed by atoms with van der Waals surface area (Å²) in [5.41, 5.74) is 6.47. The van der Waals surface area contributed by atoms with Crippen molar-refractivity contribution in [2.24, 2.45) is 0 Å². The van der Waals surface area contributed by atoms with Gasteiger partial charge in [0.25, 0.3) is 10.0 Å². The Hall–Kier alpha value is -1.67. The number of thiazole rings is 1. The van der Waals surface area contributed by atoms with Gasteiger partial charge in [0.15, 0.2) is 5.13 Å². The molecule has 0 amide bonds. The number of nitrogens with zero attached hydrogens (tertiary/aromatic N) is 1. The fourth-order valence-corrected chi connectivity index (χ4v) is 3.91. The van der Waals surface area contributed by atoms with Crippen molar-refractivity contribution in [2.45, 2.75) is 23.7 Å². The van der Waals surface area contributed by atoms with Gasteiger partial charge in [0.1, 0.15) is 10.7 Å². The van der Waals surface area contributed by atoms with Crippen LogP contribution in [0, 0.1) is 5.82 Å². The second-order valence-electron chi connectivity index (χ2n) is 4.65. The molecule has 3 rings (SSSR count). The zero-order valence-electron chi connectivity index (χ0n) is 10.3. The Labute approximate surface area is 119 Å². The van der Waals surface area contributed by atoms with Gasteiger partial charge in [0, 0.05) is 17.0 Å². The Balaban J connectivity index is 1.87. The Morgan fingerprint density at radius 3 is 2.80 bits per heavy atom. The monoisotopic (exact) mass is 313 g/mol. The second-order valence-corrected chi connectivity index (χ2v) is 7.16. The molecule has 0 atom stereocenters. The summed E-state index contributed by atoms with van der Waals surface area (Å²) in [4.78, 5) is 3.78. The lowest BCUT2D eigenvalue weighted by atomic mass is 10.3. The lowest BCUT2D eigenvalue weighted by Crippen LogP contribution is -2.14. The Morgan fingerprint density at radius 1 is 1.40 bits per heavy atom. The molecule has 0 unspecified atom stereocenters. The molecule has 20 heavy (non-hydrogen) atoms. The van der Waals surface area contributed by atoms with E-state index in [9.17, 15) is 12.8 Å². The second kappa shape index (κ2) is 4.71. The maximum atomic E-state index is 13.7. The van der Waals surface area contributed by atoms with Crippen molar-refractivity contribution < 1.29 is 12.8 Å². The lowest BCUT2D eigenvalue weighted by Gasteiger charge is -2.06. The minimum absolute atomic E-state index is 0.173. The van der Waals surface area contributed by atoms with Gasteiger partial charge in [0.05, 0.1) is 5.69 Å². The first-order valence-corrected chi connectivity index (χ1v) is 8.35. The molecule has 1 aliphatic carbocycles. The first-order chi connectivity index (χ1) is 9.45. The average molecular weight is 313 g/mol. The molecular formula is C12H12FN3O2S2. The lowest BCUT2D eigenvalue weighted by molar-refractivity contribution is 0.571. The predicted octanol–water partition coefficient (Wildman–Crippen LogP) is 2.54. The molecular weight excluding hydrogens is 301 g/mol. The van der Waals surface area contributed by atoms with Gasteiger partial charge in [-0.15, -0.1) is 11.3 Å². The summed E-state index contributed by atoms with van der Waals surface area (Å²) in [6.07, 6.45) is 2.17. The zero-order valence-corrected chi connectivity index (χ0v) is 12.0. The molecule has 0 radical (unpaired) electrons. The van der Waals surface area contributed by atoms with E-state index < -0.39 is 20.7 Å². The van der Waals surface area contributed by atoms with Crippen molar-refractivity contribution >= 4 is 32.2 Å². The van der Waals surface area contributed by atoms with E-state index in [1.54, 1.807) is 0 Å². The van der Waals surface area contributed by atoms with Crippen LogP contribution in [0.5, 0.6) is 0 Å². The van der Waals surface area contributed by atoms with Crippen molar-refractivity contribution in [1.29, 1.82) is 0 Å². The molecule has 1 aliphatic rings. The fraction of sp³-hybridized carbons (Fsp3) is 0.250. The van der Waals surface area contributed by atoms with E-state index >= 15 is 0 Å². The van der Waals surface area contributed by atoms with Crippen molar-refractivity contribution in [2.75, 3.05) is 10.5 Å². The number of halogens is 1. The van der Waals surface area contributed by atoms with Gasteiger partial charge in [0.2, 0.25) is 0 Å². The van der Waals surface area contributed by atoms with Crippen LogP contribution in [0.2, 0.25) is 0 Å². The topological polar surface area (TPSA) is 85.1 Å². The molecule has 3 N–H and O–H groups in total. The van der Waals surface area contributed by atoms with E-state index in [0.717, 1.165) is 30.7 Å². The third-order valence-corrected chi connectivity index (χ3v) is 5.26. The quantitative estimate of drug-likeness (QED) is 0.849. The highest BCUT2D eigenvalue weighted by Gasteiger charge is 2.27. The molecule has 1 heterocycles. The smallest absolute Gasteiger partial charge is 0.266 e. The van der Waals surface area contributed by atoms with Crippen molar-refractivity contribution in [3.05, 3.63) is 35.1 Å². The molecule has 5 nitrogen and oxygen atoms in total. The summed E-state index contributed by atoms with van der Waals surface area (Å²) in [6, 6.07) is 3.46. The van der Waals surface area contributed by atoms with Crippen LogP contribution in [0.3, 0.4) is 0 Å². The van der Waals surface area contributed by atoms with Gasteiger partial charge in [-0.05, 0) is 31.0 Å². The molecule has 1 aromatic carbocycles. The van der Waals surface area contributed by atoms with Crippen LogP contribution in [-0.4, -0.2) is 13.4 Å². The van der Waals surface area contributed by atoms with E-state index in [2.05, 4.69) is 9.71 Å². The third-order valence-electron chi connectivity index (χ3n) is 2.98. The highest BCUT2D eigenvalue weighted by Crippen LogP contribution is 2.41. The Morgan fingerprint density at radius 2 is 2.15 bits per heavy atom. The van der Waals surface area contributed by atoms with Gasteiger partial charge in [-0.2, -0.15) is 0 Å². The molecule has 106 valence electrons. The summed E-state index contributed by atoms with van der Waals surface area (Å²) < 4.78 is 40.2. The summed E-state index contributed by atoms with van der Waals surface area (Å²) in [5, 5.41) is 2.08. The molecule has 1 aromatic heterocycles. The number of nitrogen functional groups attached to an aromatic ring is 1. The fourth-order valence-electron chi connectivity index (χ4n) is 1.80. The van der Waals surface area contributed by atoms with Gasteiger partial charge in [-0.1, -0.05) is 0 Å². The first kappa shape index (κ1) is 13.3. The van der Waals surface area contributed by atoms with E-state index in [4.69, 9.17) is 5.73 Å². The largest absolute Gasteiger partial charge is 0.399 e. The summed E-state index contributed by atoms with van der Waals surface area (Å²) in [7, 11) is -3.99. The van der Waals surface area contributed by atoms with Crippen molar-refractivity contribution in [3.8, 4) is 0 Å². The van der Waals surface area contributed by atoms with Gasteiger partial charge < -0.3 is 5.73 Å². The van der Waals surface area contributed by atoms with Crippen LogP contribution in [0.15, 0.2) is 28.5 Å². The number of benzene rings is 1. The van der Waals surface area contributed by atoms with Crippen LogP contribution in [0.1, 0.15) is 24.5 Å². The number of aromatic nitrogens is 1. The van der Waals surface area contributed by atoms with E-state index in [1.807, 2.05) is 5.38 Å². The number of rotatable bonds is 4. The normalized spacial score (nSPS) is 15.2. The molecule has 0 saturated heterocycles. The maximum absolute atomic E-state index is 13.7. The SMILES string of the molecule is Nc1ccc(S(=O)(=O)Nc2nc(C3CC3)cs2)c(F)c1. The predicted molar refractivity (Wildman–Crippen MR) is 75.7 cm³/mol. The Bertz CT molecular complexity index is 754.